The number of hydrogen-bond acceptors (Lipinski definition) is 8. The number of carbonyl (C=O) groups is 2. The van der Waals surface area contributed by atoms with Crippen molar-refractivity contribution < 1.29 is 30.0 Å². The molecule has 0 saturated carbocycles. The van der Waals surface area contributed by atoms with E-state index in [9.17, 15) is 30.0 Å². The van der Waals surface area contributed by atoms with Gasteiger partial charge in [-0.1, -0.05) is 167 Å². The molecule has 0 radical (unpaired) electrons. The summed E-state index contributed by atoms with van der Waals surface area (Å²) in [6.45, 7) is 4.47. The molecule has 0 spiro atoms. The maximum atomic E-state index is 12.4. The van der Waals surface area contributed by atoms with Crippen LogP contribution in [0, 0.1) is 0 Å². The molecule has 8 heteroatoms. The summed E-state index contributed by atoms with van der Waals surface area (Å²) < 4.78 is 0. The molecular weight excluding hydrogens is 604 g/mol. The largest absolute Gasteiger partial charge is 0.387 e. The Morgan fingerprint density at radius 3 is 0.979 bits per heavy atom. The second kappa shape index (κ2) is 32.5. The third-order valence-electron chi connectivity index (χ3n) is 9.13. The lowest BCUT2D eigenvalue weighted by Crippen LogP contribution is -2.48. The molecule has 48 heavy (non-hydrogen) atoms. The third-order valence-corrected chi connectivity index (χ3v) is 9.13. The Balaban J connectivity index is 4.22. The smallest absolute Gasteiger partial charge is 0.185 e. The molecule has 0 saturated heterocycles. The Kier molecular flexibility index (Phi) is 31.4. The summed E-state index contributed by atoms with van der Waals surface area (Å²) in [6.07, 6.45) is 31.4. The Labute approximate surface area is 293 Å². The molecule has 8 nitrogen and oxygen atoms in total. The zero-order valence-corrected chi connectivity index (χ0v) is 30.7. The highest BCUT2D eigenvalue weighted by Gasteiger charge is 2.28. The van der Waals surface area contributed by atoms with Crippen LogP contribution in [0.2, 0.25) is 0 Å². The Hall–Kier alpha value is -1.68. The third kappa shape index (κ3) is 25.3. The van der Waals surface area contributed by atoms with Crippen LogP contribution in [0.25, 0.3) is 0 Å². The van der Waals surface area contributed by atoms with E-state index in [0.717, 1.165) is 50.7 Å². The topological polar surface area (TPSA) is 167 Å². The predicted molar refractivity (Wildman–Crippen MR) is 200 cm³/mol. The summed E-state index contributed by atoms with van der Waals surface area (Å²) in [6, 6.07) is -2.55. The van der Waals surface area contributed by atoms with Gasteiger partial charge >= 0.3 is 0 Å². The number of rotatable bonds is 34. The number of aliphatic hydroxyl groups is 4. The van der Waals surface area contributed by atoms with E-state index in [1.165, 1.54) is 128 Å². The summed E-state index contributed by atoms with van der Waals surface area (Å²) in [7, 11) is 0. The first-order chi connectivity index (χ1) is 23.2. The number of nitrogens with two attached hydrogens (primary N) is 2. The van der Waals surface area contributed by atoms with E-state index in [0.29, 0.717) is 0 Å². The van der Waals surface area contributed by atoms with Crippen molar-refractivity contribution in [3.05, 3.63) is 36.5 Å². The number of ketones is 2. The number of carbonyl (C=O) groups excluding carboxylic acids is 2. The number of allylic oxidation sites excluding steroid dienone is 2. The van der Waals surface area contributed by atoms with E-state index < -0.39 is 48.1 Å². The molecule has 0 aromatic heterocycles. The monoisotopic (exact) mass is 679 g/mol. The van der Waals surface area contributed by atoms with Crippen LogP contribution in [0.5, 0.6) is 0 Å². The second-order valence-electron chi connectivity index (χ2n) is 13.7. The zero-order chi connectivity index (χ0) is 35.8. The van der Waals surface area contributed by atoms with Gasteiger partial charge in [0.25, 0.3) is 0 Å². The van der Waals surface area contributed by atoms with Gasteiger partial charge in [0.2, 0.25) is 0 Å². The van der Waals surface area contributed by atoms with Crippen molar-refractivity contribution in [2.45, 2.75) is 204 Å². The minimum absolute atomic E-state index is 0.776. The van der Waals surface area contributed by atoms with Gasteiger partial charge in [0.05, 0.1) is 24.3 Å². The van der Waals surface area contributed by atoms with Gasteiger partial charge in [0.15, 0.2) is 11.6 Å². The minimum atomic E-state index is -1.73. The van der Waals surface area contributed by atoms with Crippen LogP contribution in [0.15, 0.2) is 36.5 Å². The quantitative estimate of drug-likeness (QED) is 0.0234. The molecule has 0 rings (SSSR count). The standard InChI is InChI=1S/C40H74N2O6/c1-3-5-7-9-11-13-15-17-19-21-23-25-27-29-33(43)37(41)39(47)35(45)31-32-36(46)40(48)38(42)34(44)30-28-26-24-22-20-18-16-14-12-10-8-6-4-2/h27-34,37-40,43-44,47-48H,3-26,41-42H2,1-2H3/b29-27+,30-28+,32-31-/t33-,34-,37+,38+,39?,40?/m1/s1. The van der Waals surface area contributed by atoms with E-state index >= 15 is 0 Å². The molecule has 0 aliphatic rings. The van der Waals surface area contributed by atoms with E-state index in [-0.39, 0.29) is 0 Å². The van der Waals surface area contributed by atoms with Crippen molar-refractivity contribution in [1.82, 2.24) is 0 Å². The summed E-state index contributed by atoms with van der Waals surface area (Å²) in [5.41, 5.74) is 11.8. The lowest BCUT2D eigenvalue weighted by atomic mass is 9.98. The van der Waals surface area contributed by atoms with E-state index in [1.807, 2.05) is 12.2 Å². The van der Waals surface area contributed by atoms with Gasteiger partial charge in [0.1, 0.15) is 12.2 Å². The first-order valence-corrected chi connectivity index (χ1v) is 19.5. The van der Waals surface area contributed by atoms with Crippen molar-refractivity contribution in [3.63, 3.8) is 0 Å². The summed E-state index contributed by atoms with van der Waals surface area (Å²) in [5.74, 6) is -1.75. The SMILES string of the molecule is CCCCCCCCCCCCC/C=C/[C@@H](O)[C@H](N)C(O)C(=O)/C=C\C(=O)C(O)[C@@H](N)[C@H](O)/C=C/CCCCCCCCCCCCC. The van der Waals surface area contributed by atoms with Gasteiger partial charge in [-0.2, -0.15) is 0 Å². The summed E-state index contributed by atoms with van der Waals surface area (Å²) >= 11 is 0. The minimum Gasteiger partial charge on any atom is -0.387 e. The van der Waals surface area contributed by atoms with Gasteiger partial charge in [-0.25, -0.2) is 0 Å². The Morgan fingerprint density at radius 2 is 0.708 bits per heavy atom. The van der Waals surface area contributed by atoms with Crippen LogP contribution in [0.1, 0.15) is 168 Å². The number of hydrogen-bond donors (Lipinski definition) is 6. The molecule has 0 aliphatic heterocycles. The van der Waals surface area contributed by atoms with Crippen LogP contribution < -0.4 is 11.5 Å². The van der Waals surface area contributed by atoms with Crippen LogP contribution in [0.4, 0.5) is 0 Å². The molecule has 0 bridgehead atoms. The van der Waals surface area contributed by atoms with Gasteiger partial charge in [-0.15, -0.1) is 0 Å². The van der Waals surface area contributed by atoms with Crippen molar-refractivity contribution in [3.8, 4) is 0 Å². The fourth-order valence-electron chi connectivity index (χ4n) is 5.70. The molecular formula is C40H74N2O6. The predicted octanol–water partition coefficient (Wildman–Crippen LogP) is 7.29. The molecule has 2 unspecified atom stereocenters. The maximum Gasteiger partial charge on any atom is 0.185 e. The fraction of sp³-hybridized carbons (Fsp3) is 0.800. The first-order valence-electron chi connectivity index (χ1n) is 19.5. The lowest BCUT2D eigenvalue weighted by Gasteiger charge is -2.20. The van der Waals surface area contributed by atoms with Gasteiger partial charge in [-0.05, 0) is 37.8 Å². The zero-order valence-electron chi connectivity index (χ0n) is 30.7. The highest BCUT2D eigenvalue weighted by molar-refractivity contribution is 6.02. The van der Waals surface area contributed by atoms with Crippen LogP contribution in [-0.2, 0) is 9.59 Å². The molecule has 8 N–H and O–H groups in total. The highest BCUT2D eigenvalue weighted by atomic mass is 16.3. The first kappa shape index (κ1) is 46.3. The second-order valence-corrected chi connectivity index (χ2v) is 13.7. The average molecular weight is 679 g/mol. The highest BCUT2D eigenvalue weighted by Crippen LogP contribution is 2.14. The van der Waals surface area contributed by atoms with Gasteiger partial charge in [-0.3, -0.25) is 9.59 Å². The van der Waals surface area contributed by atoms with Crippen LogP contribution in [0.3, 0.4) is 0 Å². The maximum absolute atomic E-state index is 12.4. The molecule has 0 aromatic carbocycles. The van der Waals surface area contributed by atoms with E-state index in [1.54, 1.807) is 0 Å². The Morgan fingerprint density at radius 1 is 0.458 bits per heavy atom. The van der Waals surface area contributed by atoms with E-state index in [4.69, 9.17) is 11.5 Å². The normalized spacial score (nSPS) is 16.1. The fourth-order valence-corrected chi connectivity index (χ4v) is 5.70. The van der Waals surface area contributed by atoms with Crippen molar-refractivity contribution in [2.75, 3.05) is 0 Å². The van der Waals surface area contributed by atoms with E-state index in [2.05, 4.69) is 13.8 Å². The molecule has 0 fully saturated rings. The molecule has 6 atom stereocenters. The average Bonchev–Trinajstić information content (AvgIpc) is 3.09. The molecule has 0 aliphatic carbocycles. The van der Waals surface area contributed by atoms with Crippen molar-refractivity contribution >= 4 is 11.6 Å². The van der Waals surface area contributed by atoms with Crippen LogP contribution >= 0.6 is 0 Å². The van der Waals surface area contributed by atoms with Crippen molar-refractivity contribution in [1.29, 1.82) is 0 Å². The number of aliphatic hydroxyl groups excluding tert-OH is 4. The molecule has 0 amide bonds. The lowest BCUT2D eigenvalue weighted by molar-refractivity contribution is -0.126. The van der Waals surface area contributed by atoms with Crippen LogP contribution in [-0.4, -0.2) is 68.5 Å². The molecule has 0 heterocycles. The van der Waals surface area contributed by atoms with Gasteiger partial charge in [0, 0.05) is 0 Å². The molecule has 280 valence electrons. The molecule has 0 aromatic rings. The summed E-state index contributed by atoms with van der Waals surface area (Å²) in [5, 5.41) is 41.2. The summed E-state index contributed by atoms with van der Waals surface area (Å²) in [4.78, 5) is 24.8. The van der Waals surface area contributed by atoms with Crippen molar-refractivity contribution in [2.24, 2.45) is 11.5 Å². The Bertz CT molecular complexity index is 793. The number of unbranched alkanes of at least 4 members (excludes halogenated alkanes) is 22. The van der Waals surface area contributed by atoms with Gasteiger partial charge < -0.3 is 31.9 Å².